The van der Waals surface area contributed by atoms with Crippen LogP contribution in [0.15, 0.2) is 0 Å². The summed E-state index contributed by atoms with van der Waals surface area (Å²) in [4.78, 5) is 12.9. The van der Waals surface area contributed by atoms with E-state index in [1.807, 2.05) is 0 Å². The SMILES string of the molecule is COCCCN1C(=O)COCC1C#N. The molecule has 1 heterocycles. The van der Waals surface area contributed by atoms with Crippen LogP contribution in [0.2, 0.25) is 0 Å². The van der Waals surface area contributed by atoms with Gasteiger partial charge in [-0.15, -0.1) is 0 Å². The maximum atomic E-state index is 11.4. The molecule has 0 N–H and O–H groups in total. The van der Waals surface area contributed by atoms with Crippen molar-refractivity contribution in [2.45, 2.75) is 12.5 Å². The Hall–Kier alpha value is -1.12. The predicted octanol–water partition coefficient (Wildman–Crippen LogP) is -0.226. The Morgan fingerprint density at radius 3 is 3.21 bits per heavy atom. The van der Waals surface area contributed by atoms with E-state index in [1.54, 1.807) is 12.0 Å². The molecule has 0 saturated carbocycles. The molecule has 14 heavy (non-hydrogen) atoms. The fourth-order valence-electron chi connectivity index (χ4n) is 1.37. The molecule has 1 atom stereocenters. The summed E-state index contributed by atoms with van der Waals surface area (Å²) in [5.74, 6) is -0.112. The molecule has 78 valence electrons. The predicted molar refractivity (Wildman–Crippen MR) is 48.4 cm³/mol. The summed E-state index contributed by atoms with van der Waals surface area (Å²) >= 11 is 0. The fourth-order valence-corrected chi connectivity index (χ4v) is 1.37. The number of ether oxygens (including phenoxy) is 2. The largest absolute Gasteiger partial charge is 0.385 e. The summed E-state index contributed by atoms with van der Waals surface area (Å²) in [6, 6.07) is 1.61. The van der Waals surface area contributed by atoms with E-state index in [9.17, 15) is 4.79 Å². The lowest BCUT2D eigenvalue weighted by atomic mass is 10.2. The number of morpholine rings is 1. The molecule has 0 aromatic heterocycles. The monoisotopic (exact) mass is 198 g/mol. The first kappa shape index (κ1) is 11.0. The smallest absolute Gasteiger partial charge is 0.249 e. The normalized spacial score (nSPS) is 22.1. The number of methoxy groups -OCH3 is 1. The van der Waals surface area contributed by atoms with Crippen LogP contribution in [-0.4, -0.2) is 50.3 Å². The molecule has 1 fully saturated rings. The highest BCUT2D eigenvalue weighted by Gasteiger charge is 2.27. The topological polar surface area (TPSA) is 62.6 Å². The van der Waals surface area contributed by atoms with Gasteiger partial charge in [0.1, 0.15) is 12.6 Å². The van der Waals surface area contributed by atoms with Gasteiger partial charge >= 0.3 is 0 Å². The molecule has 5 heteroatoms. The van der Waals surface area contributed by atoms with Crippen LogP contribution in [0.1, 0.15) is 6.42 Å². The number of rotatable bonds is 4. The fraction of sp³-hybridized carbons (Fsp3) is 0.778. The van der Waals surface area contributed by atoms with Gasteiger partial charge in [-0.3, -0.25) is 4.79 Å². The minimum absolute atomic E-state index is 0.0885. The molecule has 1 amide bonds. The zero-order chi connectivity index (χ0) is 10.4. The summed E-state index contributed by atoms with van der Waals surface area (Å²) in [5.41, 5.74) is 0. The van der Waals surface area contributed by atoms with E-state index in [-0.39, 0.29) is 12.5 Å². The Balaban J connectivity index is 2.44. The van der Waals surface area contributed by atoms with Crippen LogP contribution in [0.25, 0.3) is 0 Å². The van der Waals surface area contributed by atoms with Crippen molar-refractivity contribution in [2.75, 3.05) is 33.5 Å². The van der Waals surface area contributed by atoms with Crippen LogP contribution in [-0.2, 0) is 14.3 Å². The van der Waals surface area contributed by atoms with E-state index in [0.717, 1.165) is 6.42 Å². The number of hydrogen-bond donors (Lipinski definition) is 0. The third kappa shape index (κ3) is 2.69. The van der Waals surface area contributed by atoms with Crippen molar-refractivity contribution in [1.29, 1.82) is 5.26 Å². The maximum absolute atomic E-state index is 11.4. The van der Waals surface area contributed by atoms with Gasteiger partial charge in [0.15, 0.2) is 0 Å². The van der Waals surface area contributed by atoms with Gasteiger partial charge in [0.25, 0.3) is 0 Å². The lowest BCUT2D eigenvalue weighted by Gasteiger charge is -2.31. The highest BCUT2D eigenvalue weighted by atomic mass is 16.5. The summed E-state index contributed by atoms with van der Waals surface area (Å²) < 4.78 is 9.86. The Morgan fingerprint density at radius 1 is 1.79 bits per heavy atom. The van der Waals surface area contributed by atoms with Crippen LogP contribution in [0.5, 0.6) is 0 Å². The standard InChI is InChI=1S/C9H14N2O3/c1-13-4-2-3-11-8(5-10)6-14-7-9(11)12/h8H,2-4,6-7H2,1H3. The van der Waals surface area contributed by atoms with Crippen molar-refractivity contribution >= 4 is 5.91 Å². The van der Waals surface area contributed by atoms with Crippen molar-refractivity contribution in [3.8, 4) is 6.07 Å². The zero-order valence-electron chi connectivity index (χ0n) is 8.23. The number of nitriles is 1. The second-order valence-electron chi connectivity index (χ2n) is 3.09. The minimum Gasteiger partial charge on any atom is -0.385 e. The van der Waals surface area contributed by atoms with Gasteiger partial charge < -0.3 is 14.4 Å². The molecular formula is C9H14N2O3. The second-order valence-corrected chi connectivity index (χ2v) is 3.09. The van der Waals surface area contributed by atoms with Crippen molar-refractivity contribution in [3.05, 3.63) is 0 Å². The Kier molecular flexibility index (Phi) is 4.36. The number of carbonyl (C=O) groups excluding carboxylic acids is 1. The molecule has 1 saturated heterocycles. The van der Waals surface area contributed by atoms with E-state index < -0.39 is 6.04 Å². The number of nitrogens with zero attached hydrogens (tertiary/aromatic N) is 2. The Labute approximate surface area is 83.2 Å². The number of amides is 1. The first-order valence-electron chi connectivity index (χ1n) is 4.55. The summed E-state index contributed by atoms with van der Waals surface area (Å²) in [6.07, 6.45) is 0.750. The molecule has 1 aliphatic rings. The molecule has 1 rings (SSSR count). The third-order valence-electron chi connectivity index (χ3n) is 2.09. The van der Waals surface area contributed by atoms with E-state index in [2.05, 4.69) is 6.07 Å². The van der Waals surface area contributed by atoms with E-state index in [4.69, 9.17) is 14.7 Å². The third-order valence-corrected chi connectivity index (χ3v) is 2.09. The van der Waals surface area contributed by atoms with Crippen molar-refractivity contribution in [1.82, 2.24) is 4.90 Å². The van der Waals surface area contributed by atoms with Crippen LogP contribution < -0.4 is 0 Å². The zero-order valence-corrected chi connectivity index (χ0v) is 8.23. The molecule has 5 nitrogen and oxygen atoms in total. The molecule has 0 aromatic carbocycles. The van der Waals surface area contributed by atoms with Crippen LogP contribution in [0.3, 0.4) is 0 Å². The van der Waals surface area contributed by atoms with Crippen molar-refractivity contribution < 1.29 is 14.3 Å². The van der Waals surface area contributed by atoms with Gasteiger partial charge in [0, 0.05) is 20.3 Å². The van der Waals surface area contributed by atoms with Crippen molar-refractivity contribution in [2.24, 2.45) is 0 Å². The maximum Gasteiger partial charge on any atom is 0.249 e. The minimum atomic E-state index is -0.437. The summed E-state index contributed by atoms with van der Waals surface area (Å²) in [7, 11) is 1.61. The average molecular weight is 198 g/mol. The molecule has 1 aliphatic heterocycles. The molecule has 1 unspecified atom stereocenters. The van der Waals surface area contributed by atoms with Gasteiger partial charge in [-0.25, -0.2) is 0 Å². The molecule has 0 bridgehead atoms. The van der Waals surface area contributed by atoms with Crippen LogP contribution in [0.4, 0.5) is 0 Å². The highest BCUT2D eigenvalue weighted by molar-refractivity contribution is 5.78. The molecular weight excluding hydrogens is 184 g/mol. The second kappa shape index (κ2) is 5.58. The average Bonchev–Trinajstić information content (AvgIpc) is 2.20. The van der Waals surface area contributed by atoms with Gasteiger partial charge in [0.05, 0.1) is 12.7 Å². The van der Waals surface area contributed by atoms with Crippen LogP contribution >= 0.6 is 0 Å². The van der Waals surface area contributed by atoms with Gasteiger partial charge in [-0.1, -0.05) is 0 Å². The van der Waals surface area contributed by atoms with Crippen LogP contribution in [0, 0.1) is 11.3 Å². The van der Waals surface area contributed by atoms with E-state index in [1.165, 1.54) is 0 Å². The van der Waals surface area contributed by atoms with Crippen molar-refractivity contribution in [3.63, 3.8) is 0 Å². The number of carbonyl (C=O) groups is 1. The first-order valence-corrected chi connectivity index (χ1v) is 4.55. The summed E-state index contributed by atoms with van der Waals surface area (Å²) in [5, 5.41) is 8.78. The lowest BCUT2D eigenvalue weighted by molar-refractivity contribution is -0.145. The molecule has 0 radical (unpaired) electrons. The van der Waals surface area contributed by atoms with E-state index >= 15 is 0 Å². The van der Waals surface area contributed by atoms with Gasteiger partial charge in [-0.2, -0.15) is 5.26 Å². The lowest BCUT2D eigenvalue weighted by Crippen LogP contribution is -2.49. The Morgan fingerprint density at radius 2 is 2.57 bits per heavy atom. The number of hydrogen-bond acceptors (Lipinski definition) is 4. The van der Waals surface area contributed by atoms with Gasteiger partial charge in [-0.05, 0) is 6.42 Å². The highest BCUT2D eigenvalue weighted by Crippen LogP contribution is 2.07. The van der Waals surface area contributed by atoms with Gasteiger partial charge in [0.2, 0.25) is 5.91 Å². The summed E-state index contributed by atoms with van der Waals surface area (Å²) in [6.45, 7) is 1.57. The molecule has 0 aliphatic carbocycles. The quantitative estimate of drug-likeness (QED) is 0.585. The molecule has 0 spiro atoms. The molecule has 0 aromatic rings. The van der Waals surface area contributed by atoms with E-state index in [0.29, 0.717) is 19.8 Å². The Bertz CT molecular complexity index is 237. The first-order chi connectivity index (χ1) is 6.79.